The molecule has 2 aromatic rings. The van der Waals surface area contributed by atoms with E-state index in [-0.39, 0.29) is 24.3 Å². The van der Waals surface area contributed by atoms with Gasteiger partial charge in [-0.25, -0.2) is 9.59 Å². The maximum Gasteiger partial charge on any atom is 0.354 e. The third kappa shape index (κ3) is 5.27. The van der Waals surface area contributed by atoms with Gasteiger partial charge in [-0.05, 0) is 67.3 Å². The minimum atomic E-state index is -0.421. The largest absolute Gasteiger partial charge is 0.354 e. The summed E-state index contributed by atoms with van der Waals surface area (Å²) in [6.45, 7) is 5.15. The fourth-order valence-corrected chi connectivity index (χ4v) is 5.33. The molecule has 5 rings (SSSR count). The number of nitrogens with two attached hydrogens (primary N) is 2. The van der Waals surface area contributed by atoms with Crippen molar-refractivity contribution in [2.75, 3.05) is 38.0 Å². The lowest BCUT2D eigenvalue weighted by molar-refractivity contribution is 0.180. The number of amides is 2. The molecule has 2 atom stereocenters. The number of carbonyl (C=O) groups is 1. The molecule has 0 bridgehead atoms. The van der Waals surface area contributed by atoms with Crippen LogP contribution < -0.4 is 22.5 Å². The molecule has 1 aromatic carbocycles. The zero-order chi connectivity index (χ0) is 22.9. The Bertz CT molecular complexity index is 1040. The lowest BCUT2D eigenvalue weighted by atomic mass is 9.94. The van der Waals surface area contributed by atoms with Gasteiger partial charge in [0.2, 0.25) is 0 Å². The molecule has 2 unspecified atom stereocenters. The molecule has 1 saturated carbocycles. The predicted molar refractivity (Wildman–Crippen MR) is 134 cm³/mol. The summed E-state index contributed by atoms with van der Waals surface area (Å²) in [5.41, 5.74) is 13.2. The molecular weight excluding hydrogens is 454 g/mol. The molecule has 5 N–H and O–H groups in total. The summed E-state index contributed by atoms with van der Waals surface area (Å²) in [7, 11) is 0. The van der Waals surface area contributed by atoms with Crippen molar-refractivity contribution in [3.63, 3.8) is 0 Å². The minimum absolute atomic E-state index is 0. The van der Waals surface area contributed by atoms with Crippen LogP contribution in [0.25, 0.3) is 5.69 Å². The molecule has 3 fully saturated rings. The fraction of sp³-hybridized carbons (Fsp3) is 0.542. The van der Waals surface area contributed by atoms with Crippen molar-refractivity contribution < 1.29 is 4.79 Å². The Balaban J connectivity index is 0.00000274. The number of aromatic nitrogens is 2. The predicted octanol–water partition coefficient (Wildman–Crippen LogP) is 1.64. The van der Waals surface area contributed by atoms with Gasteiger partial charge in [-0.2, -0.15) is 4.98 Å². The second-order valence-electron chi connectivity index (χ2n) is 9.67. The average molecular weight is 488 g/mol. The van der Waals surface area contributed by atoms with Crippen molar-refractivity contribution in [2.24, 2.45) is 29.2 Å². The summed E-state index contributed by atoms with van der Waals surface area (Å²) in [6.07, 6.45) is 4.58. The molecular formula is C24H34ClN7O2. The van der Waals surface area contributed by atoms with Crippen LogP contribution >= 0.6 is 12.4 Å². The summed E-state index contributed by atoms with van der Waals surface area (Å²) in [6, 6.07) is 9.83. The van der Waals surface area contributed by atoms with Crippen LogP contribution in [0.3, 0.4) is 0 Å². The highest BCUT2D eigenvalue weighted by atomic mass is 35.5. The number of nitrogens with zero attached hydrogens (tertiary/aromatic N) is 4. The lowest BCUT2D eigenvalue weighted by Crippen LogP contribution is -2.41. The van der Waals surface area contributed by atoms with E-state index in [0.29, 0.717) is 43.4 Å². The van der Waals surface area contributed by atoms with Crippen LogP contribution in [-0.4, -0.2) is 64.1 Å². The number of carbonyl (C=O) groups excluding carboxylic acids is 1. The van der Waals surface area contributed by atoms with Crippen molar-refractivity contribution in [2.45, 2.75) is 31.8 Å². The Morgan fingerprint density at radius 3 is 2.38 bits per heavy atom. The van der Waals surface area contributed by atoms with Gasteiger partial charge in [0.05, 0.1) is 5.69 Å². The molecule has 9 nitrogen and oxygen atoms in total. The van der Waals surface area contributed by atoms with Crippen LogP contribution in [0.5, 0.6) is 0 Å². The maximum absolute atomic E-state index is 12.6. The van der Waals surface area contributed by atoms with Crippen molar-refractivity contribution in [3.05, 3.63) is 52.6 Å². The highest BCUT2D eigenvalue weighted by Crippen LogP contribution is 2.44. The first kappa shape index (κ1) is 24.7. The lowest BCUT2D eigenvalue weighted by Gasteiger charge is -2.31. The van der Waals surface area contributed by atoms with E-state index in [2.05, 4.69) is 27.3 Å². The van der Waals surface area contributed by atoms with E-state index in [1.54, 1.807) is 17.2 Å². The average Bonchev–Trinajstić information content (AvgIpc) is 3.20. The number of piperidine rings is 2. The number of hydrogen-bond donors (Lipinski definition) is 3. The first-order valence-electron chi connectivity index (χ1n) is 11.9. The second-order valence-corrected chi connectivity index (χ2v) is 9.67. The van der Waals surface area contributed by atoms with E-state index in [0.717, 1.165) is 44.6 Å². The summed E-state index contributed by atoms with van der Waals surface area (Å²) in [5, 5.41) is 2.76. The Labute approximate surface area is 205 Å². The third-order valence-electron chi connectivity index (χ3n) is 7.47. The van der Waals surface area contributed by atoms with Crippen LogP contribution in [0.15, 0.2) is 41.3 Å². The van der Waals surface area contributed by atoms with Crippen molar-refractivity contribution >= 4 is 24.3 Å². The number of urea groups is 1. The molecule has 0 spiro atoms. The van der Waals surface area contributed by atoms with Crippen molar-refractivity contribution in [1.82, 2.24) is 19.4 Å². The number of nitrogens with one attached hydrogen (secondary N) is 1. The van der Waals surface area contributed by atoms with E-state index in [1.165, 1.54) is 10.1 Å². The van der Waals surface area contributed by atoms with Gasteiger partial charge in [-0.3, -0.25) is 14.8 Å². The van der Waals surface area contributed by atoms with E-state index >= 15 is 0 Å². The first-order valence-corrected chi connectivity index (χ1v) is 11.9. The molecule has 3 aliphatic rings. The summed E-state index contributed by atoms with van der Waals surface area (Å²) >= 11 is 0. The van der Waals surface area contributed by atoms with Crippen LogP contribution in [0.4, 0.5) is 10.6 Å². The maximum atomic E-state index is 12.6. The van der Waals surface area contributed by atoms with E-state index in [9.17, 15) is 9.59 Å². The van der Waals surface area contributed by atoms with Gasteiger partial charge in [0.15, 0.2) is 0 Å². The number of halogens is 1. The van der Waals surface area contributed by atoms with Gasteiger partial charge >= 0.3 is 11.7 Å². The molecule has 2 amide bonds. The van der Waals surface area contributed by atoms with Gasteiger partial charge in [-0.15, -0.1) is 12.4 Å². The topological polar surface area (TPSA) is 123 Å². The highest BCUT2D eigenvalue weighted by molar-refractivity contribution is 5.88. The quantitative estimate of drug-likeness (QED) is 0.569. The van der Waals surface area contributed by atoms with Gasteiger partial charge in [0.25, 0.3) is 0 Å². The van der Waals surface area contributed by atoms with Gasteiger partial charge in [0.1, 0.15) is 5.82 Å². The van der Waals surface area contributed by atoms with Crippen molar-refractivity contribution in [3.8, 4) is 5.69 Å². The van der Waals surface area contributed by atoms with Crippen LogP contribution in [0.2, 0.25) is 0 Å². The van der Waals surface area contributed by atoms with Gasteiger partial charge < -0.3 is 16.4 Å². The molecule has 10 heteroatoms. The van der Waals surface area contributed by atoms with E-state index in [4.69, 9.17) is 11.5 Å². The molecule has 2 saturated heterocycles. The van der Waals surface area contributed by atoms with Gasteiger partial charge in [-0.1, -0.05) is 12.1 Å². The molecule has 3 heterocycles. The number of fused-ring (bicyclic) bond motifs is 1. The standard InChI is InChI=1S/C24H33N7O2.ClH/c25-9-5-16-6-10-30(11-7-16)23(32)27-21-8-12-31(24(33)28-21)18-3-1-17(2-4-18)13-29-14-19-20(15-29)22(19)26;/h1-4,8,12,16,19-20,22H,5-7,9-11,13-15,25-26H2,(H,27,28,32,33);1H. The zero-order valence-electron chi connectivity index (χ0n) is 19.3. The Hall–Kier alpha value is -2.46. The van der Waals surface area contributed by atoms with Crippen LogP contribution in [0.1, 0.15) is 24.8 Å². The van der Waals surface area contributed by atoms with Crippen molar-refractivity contribution in [1.29, 1.82) is 0 Å². The monoisotopic (exact) mass is 487 g/mol. The molecule has 2 aliphatic heterocycles. The molecule has 1 aliphatic carbocycles. The van der Waals surface area contributed by atoms with Gasteiger partial charge in [0, 0.05) is 45.0 Å². The summed E-state index contributed by atoms with van der Waals surface area (Å²) in [5.74, 6) is 2.21. The number of hydrogen-bond acceptors (Lipinski definition) is 6. The normalized spacial score (nSPS) is 24.4. The number of anilines is 1. The van der Waals surface area contributed by atoms with E-state index < -0.39 is 5.69 Å². The molecule has 0 radical (unpaired) electrons. The number of rotatable bonds is 6. The summed E-state index contributed by atoms with van der Waals surface area (Å²) < 4.78 is 1.49. The molecule has 34 heavy (non-hydrogen) atoms. The molecule has 184 valence electrons. The number of benzene rings is 1. The Morgan fingerprint density at radius 1 is 1.09 bits per heavy atom. The highest BCUT2D eigenvalue weighted by Gasteiger charge is 2.53. The third-order valence-corrected chi connectivity index (χ3v) is 7.47. The smallest absolute Gasteiger partial charge is 0.330 e. The molecule has 1 aromatic heterocycles. The van der Waals surface area contributed by atoms with Crippen LogP contribution in [0, 0.1) is 17.8 Å². The Kier molecular flexibility index (Phi) is 7.57. The summed E-state index contributed by atoms with van der Waals surface area (Å²) in [4.78, 5) is 33.4. The number of likely N-dealkylation sites (tertiary alicyclic amines) is 2. The minimum Gasteiger partial charge on any atom is -0.330 e. The SMILES string of the molecule is Cl.NCCC1CCN(C(=O)Nc2ccn(-c3ccc(CN4CC5C(N)C5C4)cc3)c(=O)n2)CC1. The van der Waals surface area contributed by atoms with E-state index in [1.807, 2.05) is 12.1 Å². The fourth-order valence-electron chi connectivity index (χ4n) is 5.33. The second kappa shape index (κ2) is 10.4. The first-order chi connectivity index (χ1) is 16.0. The zero-order valence-corrected chi connectivity index (χ0v) is 20.1. The Morgan fingerprint density at radius 2 is 1.76 bits per heavy atom. The van der Waals surface area contributed by atoms with Crippen LogP contribution in [-0.2, 0) is 6.54 Å².